The number of nitrogens with two attached hydrogens (primary N) is 1. The summed E-state index contributed by atoms with van der Waals surface area (Å²) in [6.07, 6.45) is 0. The minimum Gasteiger partial charge on any atom is -0.496 e. The molecule has 0 atom stereocenters. The van der Waals surface area contributed by atoms with E-state index in [0.29, 0.717) is 48.0 Å². The Morgan fingerprint density at radius 3 is 2.39 bits per heavy atom. The average Bonchev–Trinajstić information content (AvgIpc) is 2.82. The molecule has 0 amide bonds. The molecule has 0 aliphatic rings. The van der Waals surface area contributed by atoms with E-state index in [1.165, 1.54) is 7.11 Å². The van der Waals surface area contributed by atoms with Crippen LogP contribution >= 0.6 is 0 Å². The van der Waals surface area contributed by atoms with Crippen molar-refractivity contribution in [2.75, 3.05) is 20.3 Å². The van der Waals surface area contributed by atoms with E-state index >= 15 is 0 Å². The van der Waals surface area contributed by atoms with Gasteiger partial charge in [0.15, 0.2) is 0 Å². The second kappa shape index (κ2) is 9.75. The summed E-state index contributed by atoms with van der Waals surface area (Å²) < 4.78 is 17.1. The van der Waals surface area contributed by atoms with Crippen molar-refractivity contribution in [2.45, 2.75) is 20.5 Å². The summed E-state index contributed by atoms with van der Waals surface area (Å²) >= 11 is 0. The fourth-order valence-corrected chi connectivity index (χ4v) is 3.81. The van der Waals surface area contributed by atoms with E-state index in [9.17, 15) is 4.79 Å². The first kappa shape index (κ1) is 22.4. The summed E-state index contributed by atoms with van der Waals surface area (Å²) in [5.74, 6) is 2.24. The van der Waals surface area contributed by atoms with Gasteiger partial charge >= 0.3 is 0 Å². The Balaban J connectivity index is 1.71. The monoisotopic (exact) mass is 445 g/mol. The number of benzene rings is 3. The first-order valence-electron chi connectivity index (χ1n) is 10.7. The van der Waals surface area contributed by atoms with Crippen LogP contribution in [-0.2, 0) is 6.61 Å². The first-order chi connectivity index (χ1) is 16.0. The largest absolute Gasteiger partial charge is 0.496 e. The summed E-state index contributed by atoms with van der Waals surface area (Å²) in [7, 11) is 1.51. The molecule has 1 heterocycles. The molecule has 3 aromatic carbocycles. The van der Waals surface area contributed by atoms with Gasteiger partial charge in [-0.15, -0.1) is 0 Å². The third-order valence-corrected chi connectivity index (χ3v) is 5.31. The Labute approximate surface area is 192 Å². The van der Waals surface area contributed by atoms with Crippen LogP contribution in [0, 0.1) is 13.8 Å². The van der Waals surface area contributed by atoms with Gasteiger partial charge in [0, 0.05) is 24.2 Å². The zero-order chi connectivity index (χ0) is 23.4. The number of nitrogens with one attached hydrogen (secondary N) is 1. The lowest BCUT2D eigenvalue weighted by Crippen LogP contribution is -2.13. The summed E-state index contributed by atoms with van der Waals surface area (Å²) in [6, 6.07) is 17.3. The number of aromatic nitrogens is 2. The molecule has 0 radical (unpaired) electrons. The van der Waals surface area contributed by atoms with Crippen molar-refractivity contribution in [3.8, 4) is 28.6 Å². The highest BCUT2D eigenvalue weighted by Gasteiger charge is 2.15. The van der Waals surface area contributed by atoms with Gasteiger partial charge in [-0.05, 0) is 42.7 Å². The molecule has 1 aromatic heterocycles. The summed E-state index contributed by atoms with van der Waals surface area (Å²) in [5, 5.41) is 0.373. The van der Waals surface area contributed by atoms with E-state index in [4.69, 9.17) is 24.9 Å². The highest BCUT2D eigenvalue weighted by molar-refractivity contribution is 5.87. The number of nitrogens with zero attached hydrogens (tertiary/aromatic N) is 1. The normalized spacial score (nSPS) is 10.9. The van der Waals surface area contributed by atoms with Gasteiger partial charge < -0.3 is 24.9 Å². The zero-order valence-electron chi connectivity index (χ0n) is 19.0. The minimum absolute atomic E-state index is 0.281. The maximum absolute atomic E-state index is 12.9. The van der Waals surface area contributed by atoms with Gasteiger partial charge in [-0.2, -0.15) is 0 Å². The number of hydrogen-bond acceptors (Lipinski definition) is 6. The summed E-state index contributed by atoms with van der Waals surface area (Å²) in [4.78, 5) is 20.5. The smallest absolute Gasteiger partial charge is 0.262 e. The number of hydrogen-bond donors (Lipinski definition) is 2. The molecule has 170 valence electrons. The van der Waals surface area contributed by atoms with Crippen molar-refractivity contribution >= 4 is 10.9 Å². The van der Waals surface area contributed by atoms with E-state index in [2.05, 4.69) is 4.98 Å². The number of H-pyrrole nitrogens is 1. The predicted molar refractivity (Wildman–Crippen MR) is 129 cm³/mol. The van der Waals surface area contributed by atoms with Crippen LogP contribution in [-0.4, -0.2) is 30.2 Å². The van der Waals surface area contributed by atoms with E-state index in [1.807, 2.05) is 56.3 Å². The zero-order valence-corrected chi connectivity index (χ0v) is 19.0. The molecular weight excluding hydrogens is 418 g/mol. The van der Waals surface area contributed by atoms with Crippen molar-refractivity contribution in [3.05, 3.63) is 81.6 Å². The van der Waals surface area contributed by atoms with Crippen molar-refractivity contribution in [1.29, 1.82) is 0 Å². The van der Waals surface area contributed by atoms with Gasteiger partial charge in [0.05, 0.1) is 12.6 Å². The molecule has 0 spiro atoms. The molecule has 0 unspecified atom stereocenters. The van der Waals surface area contributed by atoms with Crippen LogP contribution in [0.2, 0.25) is 0 Å². The van der Waals surface area contributed by atoms with Crippen LogP contribution in [0.4, 0.5) is 0 Å². The highest BCUT2D eigenvalue weighted by atomic mass is 16.5. The maximum Gasteiger partial charge on any atom is 0.262 e. The van der Waals surface area contributed by atoms with Gasteiger partial charge in [0.1, 0.15) is 41.7 Å². The fourth-order valence-electron chi connectivity index (χ4n) is 3.81. The Bertz CT molecular complexity index is 1310. The van der Waals surface area contributed by atoms with Crippen LogP contribution in [0.15, 0.2) is 59.4 Å². The number of aryl methyl sites for hydroxylation is 2. The molecule has 4 rings (SSSR count). The Kier molecular flexibility index (Phi) is 6.60. The van der Waals surface area contributed by atoms with Gasteiger partial charge in [0.25, 0.3) is 5.56 Å². The Morgan fingerprint density at radius 1 is 1.00 bits per heavy atom. The van der Waals surface area contributed by atoms with Crippen molar-refractivity contribution in [2.24, 2.45) is 5.73 Å². The van der Waals surface area contributed by atoms with Gasteiger partial charge in [-0.3, -0.25) is 4.79 Å². The first-order valence-corrected chi connectivity index (χ1v) is 10.7. The molecule has 0 saturated carbocycles. The number of fused-ring (bicyclic) bond motifs is 1. The molecule has 0 aliphatic carbocycles. The van der Waals surface area contributed by atoms with Crippen molar-refractivity contribution in [1.82, 2.24) is 9.97 Å². The number of methoxy groups -OCH3 is 1. The lowest BCUT2D eigenvalue weighted by atomic mass is 10.0. The fraction of sp³-hybridized carbons (Fsp3) is 0.231. The van der Waals surface area contributed by atoms with Gasteiger partial charge in [0.2, 0.25) is 0 Å². The maximum atomic E-state index is 12.9. The molecule has 0 bridgehead atoms. The second-order valence-electron chi connectivity index (χ2n) is 7.78. The molecule has 7 nitrogen and oxygen atoms in total. The van der Waals surface area contributed by atoms with Crippen molar-refractivity contribution < 1.29 is 14.2 Å². The number of rotatable bonds is 8. The van der Waals surface area contributed by atoms with E-state index in [0.717, 1.165) is 28.0 Å². The number of ether oxygens (including phenoxy) is 3. The SMILES string of the molecule is COc1cc(OCCN)cc2nc(-c3cc(C)c(OCc4ccccc4)c(C)c3)[nH]c(=O)c12. The Morgan fingerprint density at radius 2 is 1.73 bits per heavy atom. The molecule has 33 heavy (non-hydrogen) atoms. The van der Waals surface area contributed by atoms with Gasteiger partial charge in [-0.1, -0.05) is 30.3 Å². The van der Waals surface area contributed by atoms with Gasteiger partial charge in [-0.25, -0.2) is 4.98 Å². The summed E-state index contributed by atoms with van der Waals surface area (Å²) in [6.45, 7) is 5.19. The summed E-state index contributed by atoms with van der Waals surface area (Å²) in [5.41, 5.74) is 9.56. The lowest BCUT2D eigenvalue weighted by molar-refractivity contribution is 0.302. The van der Waals surface area contributed by atoms with E-state index in [1.54, 1.807) is 12.1 Å². The molecule has 0 aliphatic heterocycles. The minimum atomic E-state index is -0.281. The third kappa shape index (κ3) is 4.83. The van der Waals surface area contributed by atoms with Crippen molar-refractivity contribution in [3.63, 3.8) is 0 Å². The quantitative estimate of drug-likeness (QED) is 0.423. The molecular formula is C26H27N3O4. The van der Waals surface area contributed by atoms with E-state index in [-0.39, 0.29) is 5.56 Å². The third-order valence-electron chi connectivity index (χ3n) is 5.31. The molecule has 4 aromatic rings. The molecule has 0 saturated heterocycles. The van der Waals surface area contributed by atoms with E-state index < -0.39 is 0 Å². The number of aromatic amines is 1. The topological polar surface area (TPSA) is 99.5 Å². The Hall–Kier alpha value is -3.84. The molecule has 7 heteroatoms. The standard InChI is InChI=1S/C26H27N3O4/c1-16-11-19(12-17(2)24(16)33-15-18-7-5-4-6-8-18)25-28-21-13-20(32-10-9-27)14-22(31-3)23(21)26(30)29-25/h4-8,11-14H,9-10,15,27H2,1-3H3,(H,28,29,30). The van der Waals surface area contributed by atoms with Crippen LogP contribution in [0.5, 0.6) is 17.2 Å². The molecule has 0 fully saturated rings. The van der Waals surface area contributed by atoms with Crippen LogP contribution < -0.4 is 25.5 Å². The van der Waals surface area contributed by atoms with Crippen LogP contribution in [0.25, 0.3) is 22.3 Å². The van der Waals surface area contributed by atoms with Crippen LogP contribution in [0.3, 0.4) is 0 Å². The molecule has 3 N–H and O–H groups in total. The lowest BCUT2D eigenvalue weighted by Gasteiger charge is -2.15. The highest BCUT2D eigenvalue weighted by Crippen LogP contribution is 2.32. The van der Waals surface area contributed by atoms with Crippen LogP contribution in [0.1, 0.15) is 16.7 Å². The second-order valence-corrected chi connectivity index (χ2v) is 7.78. The average molecular weight is 446 g/mol. The predicted octanol–water partition coefficient (Wildman–Crippen LogP) is 4.13.